The highest BCUT2D eigenvalue weighted by Crippen LogP contribution is 2.09. The molecule has 0 saturated carbocycles. The number of hydrogen-bond donors (Lipinski definition) is 2. The van der Waals surface area contributed by atoms with Gasteiger partial charge in [0.1, 0.15) is 12.6 Å². The van der Waals surface area contributed by atoms with Crippen LogP contribution in [0.4, 0.5) is 0 Å². The van der Waals surface area contributed by atoms with Crippen molar-refractivity contribution in [3.05, 3.63) is 109 Å². The van der Waals surface area contributed by atoms with E-state index in [2.05, 4.69) is 104 Å². The standard InChI is InChI=1S/C42H63NO5/c1-3-5-7-9-10-11-12-13-14-15-16-17-18-19-20-21-22-23-24-29-33-37-42(47)48-39(34-30-26-8-6-4-2)35-31-27-25-28-32-36-40(44)43-38-41(45)46/h5-8,10-11,13-14,16-17,19-20,22-23,30-31,34-35,39H,3-4,9,12,15,18,21,24-29,32-33,36-38H2,1-2H3,(H,43,44)(H,45,46)/b7-5-,8-6-,11-10-,14-13-,17-16-,20-19-,23-22-,34-30-,35-31-. The number of carbonyl (C=O) groups is 3. The number of rotatable bonds is 30. The zero-order valence-electron chi connectivity index (χ0n) is 29.8. The Balaban J connectivity index is 4.18. The van der Waals surface area contributed by atoms with Crippen molar-refractivity contribution in [2.75, 3.05) is 6.54 Å². The summed E-state index contributed by atoms with van der Waals surface area (Å²) in [5, 5.41) is 11.0. The van der Waals surface area contributed by atoms with E-state index in [9.17, 15) is 14.4 Å². The first-order valence-corrected chi connectivity index (χ1v) is 18.1. The molecule has 0 spiro atoms. The predicted octanol–water partition coefficient (Wildman–Crippen LogP) is 10.8. The van der Waals surface area contributed by atoms with Crippen LogP contribution in [0.3, 0.4) is 0 Å². The van der Waals surface area contributed by atoms with Crippen molar-refractivity contribution in [2.24, 2.45) is 0 Å². The molecule has 0 aromatic rings. The van der Waals surface area contributed by atoms with Crippen LogP contribution in [0, 0.1) is 0 Å². The molecule has 1 unspecified atom stereocenters. The van der Waals surface area contributed by atoms with Gasteiger partial charge >= 0.3 is 11.9 Å². The number of amides is 1. The van der Waals surface area contributed by atoms with Crippen LogP contribution in [0.2, 0.25) is 0 Å². The summed E-state index contributed by atoms with van der Waals surface area (Å²) in [7, 11) is 0. The topological polar surface area (TPSA) is 92.7 Å². The molecule has 0 aliphatic heterocycles. The number of carbonyl (C=O) groups excluding carboxylic acids is 2. The van der Waals surface area contributed by atoms with Crippen LogP contribution in [-0.4, -0.2) is 35.6 Å². The summed E-state index contributed by atoms with van der Waals surface area (Å²) >= 11 is 0. The van der Waals surface area contributed by atoms with E-state index in [-0.39, 0.29) is 18.4 Å². The highest BCUT2D eigenvalue weighted by atomic mass is 16.5. The molecule has 6 nitrogen and oxygen atoms in total. The average molecular weight is 662 g/mol. The van der Waals surface area contributed by atoms with E-state index >= 15 is 0 Å². The zero-order valence-corrected chi connectivity index (χ0v) is 29.8. The Bertz CT molecular complexity index is 1090. The van der Waals surface area contributed by atoms with Crippen LogP contribution < -0.4 is 5.32 Å². The quantitative estimate of drug-likeness (QED) is 0.0454. The second-order valence-corrected chi connectivity index (χ2v) is 11.4. The molecule has 48 heavy (non-hydrogen) atoms. The fourth-order valence-corrected chi connectivity index (χ4v) is 4.30. The molecule has 266 valence electrons. The molecule has 1 atom stereocenters. The van der Waals surface area contributed by atoms with Crippen molar-refractivity contribution in [3.63, 3.8) is 0 Å². The average Bonchev–Trinajstić information content (AvgIpc) is 3.07. The summed E-state index contributed by atoms with van der Waals surface area (Å²) in [5.41, 5.74) is 0. The maximum absolute atomic E-state index is 12.5. The normalized spacial score (nSPS) is 13.4. The lowest BCUT2D eigenvalue weighted by atomic mass is 10.1. The molecule has 0 aliphatic rings. The van der Waals surface area contributed by atoms with Crippen LogP contribution in [0.25, 0.3) is 0 Å². The fourth-order valence-electron chi connectivity index (χ4n) is 4.30. The monoisotopic (exact) mass is 661 g/mol. The lowest BCUT2D eigenvalue weighted by molar-refractivity contribution is -0.145. The molecule has 0 aliphatic carbocycles. The summed E-state index contributed by atoms with van der Waals surface area (Å²) in [6.45, 7) is 3.91. The molecular weight excluding hydrogens is 598 g/mol. The number of carboxylic acid groups (broad SMARTS) is 1. The Kier molecular flexibility index (Phi) is 33.0. The van der Waals surface area contributed by atoms with Crippen molar-refractivity contribution in [1.29, 1.82) is 0 Å². The smallest absolute Gasteiger partial charge is 0.322 e. The van der Waals surface area contributed by atoms with E-state index in [1.807, 2.05) is 24.3 Å². The molecule has 0 saturated heterocycles. The molecular formula is C42H63NO5. The van der Waals surface area contributed by atoms with Crippen LogP contribution in [-0.2, 0) is 19.1 Å². The third-order valence-corrected chi connectivity index (χ3v) is 6.90. The van der Waals surface area contributed by atoms with Gasteiger partial charge in [0.05, 0.1) is 0 Å². The van der Waals surface area contributed by atoms with Crippen molar-refractivity contribution < 1.29 is 24.2 Å². The number of aliphatic carboxylic acids is 1. The third kappa shape index (κ3) is 34.9. The summed E-state index contributed by atoms with van der Waals surface area (Å²) in [4.78, 5) is 34.6. The number of esters is 1. The van der Waals surface area contributed by atoms with Gasteiger partial charge in [-0.05, 0) is 102 Å². The van der Waals surface area contributed by atoms with E-state index in [4.69, 9.17) is 9.84 Å². The van der Waals surface area contributed by atoms with Crippen molar-refractivity contribution in [2.45, 2.75) is 129 Å². The maximum atomic E-state index is 12.5. The summed E-state index contributed by atoms with van der Waals surface area (Å²) in [6, 6.07) is 0. The molecule has 1 amide bonds. The SMILES string of the molecule is CC/C=C\C/C=C\C/C=C\C/C=C\C/C=C\C/C=C\CCCCC(=O)OC(/C=C\C/C=C\CC)/C=C\CCCCCC(=O)NCC(=O)O. The van der Waals surface area contributed by atoms with Crippen LogP contribution in [0.5, 0.6) is 0 Å². The lowest BCUT2D eigenvalue weighted by Crippen LogP contribution is -2.28. The Morgan fingerprint density at radius 3 is 1.52 bits per heavy atom. The first-order valence-electron chi connectivity index (χ1n) is 18.1. The number of ether oxygens (including phenoxy) is 1. The fraction of sp³-hybridized carbons (Fsp3) is 0.500. The molecule has 0 aromatic carbocycles. The van der Waals surface area contributed by atoms with E-state index in [1.165, 1.54) is 0 Å². The third-order valence-electron chi connectivity index (χ3n) is 6.90. The summed E-state index contributed by atoms with van der Waals surface area (Å²) in [6.07, 6.45) is 52.6. The van der Waals surface area contributed by atoms with E-state index in [0.29, 0.717) is 19.3 Å². The Morgan fingerprint density at radius 2 is 0.979 bits per heavy atom. The first kappa shape index (κ1) is 44.1. The second kappa shape index (κ2) is 35.9. The molecule has 2 N–H and O–H groups in total. The minimum Gasteiger partial charge on any atom is -0.480 e. The minimum absolute atomic E-state index is 0.187. The van der Waals surface area contributed by atoms with Gasteiger partial charge in [0.15, 0.2) is 0 Å². The van der Waals surface area contributed by atoms with E-state index < -0.39 is 12.1 Å². The van der Waals surface area contributed by atoms with Gasteiger partial charge in [-0.25, -0.2) is 0 Å². The van der Waals surface area contributed by atoms with E-state index in [1.54, 1.807) is 0 Å². The molecule has 0 rings (SSSR count). The minimum atomic E-state index is -1.04. The number of nitrogens with one attached hydrogen (secondary N) is 1. The van der Waals surface area contributed by atoms with Gasteiger partial charge in [0.25, 0.3) is 0 Å². The summed E-state index contributed by atoms with van der Waals surface area (Å²) in [5.74, 6) is -1.46. The highest BCUT2D eigenvalue weighted by molar-refractivity contribution is 5.80. The van der Waals surface area contributed by atoms with Gasteiger partial charge in [0.2, 0.25) is 5.91 Å². The van der Waals surface area contributed by atoms with Crippen molar-refractivity contribution in [1.82, 2.24) is 5.32 Å². The Hall–Kier alpha value is -3.93. The second-order valence-electron chi connectivity index (χ2n) is 11.4. The van der Waals surface area contributed by atoms with Crippen molar-refractivity contribution >= 4 is 17.8 Å². The van der Waals surface area contributed by atoms with Gasteiger partial charge < -0.3 is 15.2 Å². The highest BCUT2D eigenvalue weighted by Gasteiger charge is 2.08. The number of carboxylic acids is 1. The molecule has 0 fully saturated rings. The van der Waals surface area contributed by atoms with Gasteiger partial charge in [-0.2, -0.15) is 0 Å². The first-order chi connectivity index (χ1) is 23.5. The van der Waals surface area contributed by atoms with Gasteiger partial charge in [-0.1, -0.05) is 117 Å². The predicted molar refractivity (Wildman–Crippen MR) is 203 cm³/mol. The van der Waals surface area contributed by atoms with Gasteiger partial charge in [0, 0.05) is 12.8 Å². The molecule has 0 aromatic heterocycles. The van der Waals surface area contributed by atoms with E-state index in [0.717, 1.165) is 89.9 Å². The maximum Gasteiger partial charge on any atom is 0.322 e. The number of unbranched alkanes of at least 4 members (excludes halogenated alkanes) is 5. The largest absolute Gasteiger partial charge is 0.480 e. The number of hydrogen-bond acceptors (Lipinski definition) is 4. The van der Waals surface area contributed by atoms with Crippen LogP contribution in [0.1, 0.15) is 123 Å². The Morgan fingerprint density at radius 1 is 0.542 bits per heavy atom. The molecule has 0 radical (unpaired) electrons. The summed E-state index contributed by atoms with van der Waals surface area (Å²) < 4.78 is 5.73. The van der Waals surface area contributed by atoms with Gasteiger partial charge in [-0.3, -0.25) is 14.4 Å². The van der Waals surface area contributed by atoms with Crippen LogP contribution >= 0.6 is 0 Å². The number of allylic oxidation sites excluding steroid dienone is 16. The van der Waals surface area contributed by atoms with Gasteiger partial charge in [-0.15, -0.1) is 0 Å². The molecule has 0 bridgehead atoms. The van der Waals surface area contributed by atoms with Crippen molar-refractivity contribution in [3.8, 4) is 0 Å². The zero-order chi connectivity index (χ0) is 35.2. The Labute approximate surface area is 291 Å². The molecule has 6 heteroatoms. The molecule has 0 heterocycles. The lowest BCUT2D eigenvalue weighted by Gasteiger charge is -2.10. The van der Waals surface area contributed by atoms with Crippen LogP contribution in [0.15, 0.2) is 109 Å².